The minimum Gasteiger partial charge on any atom is -0.365 e. The Morgan fingerprint density at radius 3 is 2.54 bits per heavy atom. The fourth-order valence-corrected chi connectivity index (χ4v) is 3.57. The number of para-hydroxylation sites is 1. The van der Waals surface area contributed by atoms with Gasteiger partial charge in [0.1, 0.15) is 0 Å². The van der Waals surface area contributed by atoms with Gasteiger partial charge in [0.25, 0.3) is 0 Å². The van der Waals surface area contributed by atoms with E-state index in [9.17, 15) is 4.79 Å². The van der Waals surface area contributed by atoms with Crippen LogP contribution in [0, 0.1) is 6.92 Å². The molecular weight excluding hydrogens is 322 g/mol. The van der Waals surface area contributed by atoms with Crippen LogP contribution in [0.4, 0.5) is 5.69 Å². The molecule has 0 saturated carbocycles. The second kappa shape index (κ2) is 8.86. The summed E-state index contributed by atoms with van der Waals surface area (Å²) in [5.74, 6) is 0.105. The summed E-state index contributed by atoms with van der Waals surface area (Å²) < 4.78 is 0. The minimum atomic E-state index is 0.105. The van der Waals surface area contributed by atoms with Crippen LogP contribution in [0.25, 0.3) is 0 Å². The lowest BCUT2D eigenvalue weighted by Gasteiger charge is -2.32. The molecule has 3 rings (SSSR count). The van der Waals surface area contributed by atoms with Crippen molar-refractivity contribution in [3.8, 4) is 0 Å². The number of nitrogens with one attached hydrogen (secondary N) is 1. The summed E-state index contributed by atoms with van der Waals surface area (Å²) in [5, 5.41) is 3.21. The second-order valence-corrected chi connectivity index (χ2v) is 7.30. The second-order valence-electron chi connectivity index (χ2n) is 7.30. The number of amides is 1. The van der Waals surface area contributed by atoms with Crippen molar-refractivity contribution in [2.45, 2.75) is 32.4 Å². The molecule has 0 aliphatic carbocycles. The highest BCUT2D eigenvalue weighted by atomic mass is 16.2. The lowest BCUT2D eigenvalue weighted by Crippen LogP contribution is -2.46. The third-order valence-electron chi connectivity index (χ3n) is 5.02. The number of rotatable bonds is 6. The highest BCUT2D eigenvalue weighted by molar-refractivity contribution is 5.81. The van der Waals surface area contributed by atoms with Crippen LogP contribution in [0.3, 0.4) is 0 Å². The van der Waals surface area contributed by atoms with E-state index in [0.717, 1.165) is 38.2 Å². The number of aryl methyl sites for hydroxylation is 1. The van der Waals surface area contributed by atoms with Crippen LogP contribution in [-0.4, -0.2) is 43.5 Å². The smallest absolute Gasteiger partial charge is 0.239 e. The molecule has 0 atom stereocenters. The normalized spacial score (nSPS) is 15.6. The van der Waals surface area contributed by atoms with Gasteiger partial charge in [0.05, 0.1) is 6.54 Å². The quantitative estimate of drug-likeness (QED) is 0.868. The zero-order valence-electron chi connectivity index (χ0n) is 15.8. The largest absolute Gasteiger partial charge is 0.365 e. The Labute approximate surface area is 156 Å². The fourth-order valence-electron chi connectivity index (χ4n) is 3.57. The number of likely N-dealkylation sites (N-methyl/N-ethyl adjacent to an activating group) is 1. The van der Waals surface area contributed by atoms with Crippen LogP contribution in [0.2, 0.25) is 0 Å². The van der Waals surface area contributed by atoms with Gasteiger partial charge in [-0.2, -0.15) is 0 Å². The van der Waals surface area contributed by atoms with Crippen molar-refractivity contribution >= 4 is 11.6 Å². The lowest BCUT2D eigenvalue weighted by atomic mass is 10.0. The van der Waals surface area contributed by atoms with E-state index in [1.165, 1.54) is 11.1 Å². The van der Waals surface area contributed by atoms with E-state index in [-0.39, 0.29) is 5.91 Å². The van der Waals surface area contributed by atoms with Gasteiger partial charge in [-0.25, -0.2) is 0 Å². The monoisotopic (exact) mass is 351 g/mol. The van der Waals surface area contributed by atoms with Crippen molar-refractivity contribution in [3.05, 3.63) is 65.7 Å². The summed E-state index contributed by atoms with van der Waals surface area (Å²) in [6.45, 7) is 5.60. The van der Waals surface area contributed by atoms with Crippen molar-refractivity contribution in [1.82, 2.24) is 10.2 Å². The predicted octanol–water partition coefficient (Wildman–Crippen LogP) is 3.21. The van der Waals surface area contributed by atoms with Gasteiger partial charge in [0.2, 0.25) is 5.91 Å². The Kier molecular flexibility index (Phi) is 6.29. The number of carbonyl (C=O) groups is 1. The Morgan fingerprint density at radius 2 is 1.85 bits per heavy atom. The van der Waals surface area contributed by atoms with Gasteiger partial charge in [-0.15, -0.1) is 0 Å². The first-order chi connectivity index (χ1) is 12.6. The molecule has 2 aromatic rings. The summed E-state index contributed by atoms with van der Waals surface area (Å²) in [6.07, 6.45) is 2.04. The highest BCUT2D eigenvalue weighted by Crippen LogP contribution is 2.15. The van der Waals surface area contributed by atoms with Gasteiger partial charge in [-0.05, 0) is 37.5 Å². The van der Waals surface area contributed by atoms with Crippen LogP contribution in [0.5, 0.6) is 0 Å². The Bertz CT molecular complexity index is 708. The van der Waals surface area contributed by atoms with Crippen LogP contribution in [-0.2, 0) is 11.3 Å². The molecule has 1 aliphatic heterocycles. The Morgan fingerprint density at radius 1 is 1.12 bits per heavy atom. The maximum absolute atomic E-state index is 12.3. The van der Waals surface area contributed by atoms with Gasteiger partial charge < -0.3 is 10.2 Å². The van der Waals surface area contributed by atoms with Crippen LogP contribution in [0.15, 0.2) is 54.6 Å². The number of piperidine rings is 1. The summed E-state index contributed by atoms with van der Waals surface area (Å²) >= 11 is 0. The van der Waals surface area contributed by atoms with Gasteiger partial charge >= 0.3 is 0 Å². The van der Waals surface area contributed by atoms with Crippen LogP contribution >= 0.6 is 0 Å². The van der Waals surface area contributed by atoms with Crippen LogP contribution in [0.1, 0.15) is 24.0 Å². The number of carbonyl (C=O) groups excluding carboxylic acids is 1. The highest BCUT2D eigenvalue weighted by Gasteiger charge is 2.21. The van der Waals surface area contributed by atoms with Gasteiger partial charge in [0.15, 0.2) is 0 Å². The van der Waals surface area contributed by atoms with E-state index in [4.69, 9.17) is 0 Å². The zero-order chi connectivity index (χ0) is 18.4. The maximum Gasteiger partial charge on any atom is 0.239 e. The molecule has 138 valence electrons. The molecule has 0 bridgehead atoms. The van der Waals surface area contributed by atoms with E-state index in [1.54, 1.807) is 0 Å². The molecule has 1 N–H and O–H groups in total. The molecule has 4 nitrogen and oxygen atoms in total. The van der Waals surface area contributed by atoms with E-state index < -0.39 is 0 Å². The van der Waals surface area contributed by atoms with Gasteiger partial charge in [-0.3, -0.25) is 9.69 Å². The molecule has 0 aromatic heterocycles. The van der Waals surface area contributed by atoms with Crippen molar-refractivity contribution in [2.75, 3.05) is 31.6 Å². The number of hydrogen-bond donors (Lipinski definition) is 1. The topological polar surface area (TPSA) is 35.6 Å². The number of anilines is 1. The van der Waals surface area contributed by atoms with E-state index in [2.05, 4.69) is 41.4 Å². The molecule has 4 heteroatoms. The molecule has 2 aromatic carbocycles. The Hall–Kier alpha value is -2.33. The first-order valence-electron chi connectivity index (χ1n) is 9.43. The molecule has 1 saturated heterocycles. The molecule has 1 amide bonds. The van der Waals surface area contributed by atoms with Crippen molar-refractivity contribution in [1.29, 1.82) is 0 Å². The number of hydrogen-bond acceptors (Lipinski definition) is 3. The molecular formula is C22H29N3O. The zero-order valence-corrected chi connectivity index (χ0v) is 15.8. The summed E-state index contributed by atoms with van der Waals surface area (Å²) in [7, 11) is 1.96. The standard InChI is InChI=1S/C22H29N3O/c1-18-7-6-8-19(15-18)16-25-13-11-20(12-14-25)23-22(26)17-24(2)21-9-4-3-5-10-21/h3-10,15,20H,11-14,16-17H2,1-2H3,(H,23,26). The fraction of sp³-hybridized carbons (Fsp3) is 0.409. The van der Waals surface area contributed by atoms with E-state index in [1.807, 2.05) is 42.3 Å². The van der Waals surface area contributed by atoms with Gasteiger partial charge in [-0.1, -0.05) is 48.0 Å². The molecule has 1 heterocycles. The average molecular weight is 351 g/mol. The molecule has 0 spiro atoms. The lowest BCUT2D eigenvalue weighted by molar-refractivity contribution is -0.120. The number of nitrogens with zero attached hydrogens (tertiary/aromatic N) is 2. The van der Waals surface area contributed by atoms with Gasteiger partial charge in [0, 0.05) is 38.4 Å². The first kappa shape index (κ1) is 18.5. The molecule has 0 unspecified atom stereocenters. The third kappa shape index (κ3) is 5.33. The molecule has 1 fully saturated rings. The summed E-state index contributed by atoms with van der Waals surface area (Å²) in [4.78, 5) is 16.8. The maximum atomic E-state index is 12.3. The van der Waals surface area contributed by atoms with Crippen molar-refractivity contribution in [2.24, 2.45) is 0 Å². The summed E-state index contributed by atoms with van der Waals surface area (Å²) in [5.41, 5.74) is 3.75. The molecule has 0 radical (unpaired) electrons. The summed E-state index contributed by atoms with van der Waals surface area (Å²) in [6, 6.07) is 19.0. The third-order valence-corrected chi connectivity index (χ3v) is 5.02. The van der Waals surface area contributed by atoms with E-state index >= 15 is 0 Å². The minimum absolute atomic E-state index is 0.105. The van der Waals surface area contributed by atoms with Crippen molar-refractivity contribution < 1.29 is 4.79 Å². The molecule has 26 heavy (non-hydrogen) atoms. The Balaban J connectivity index is 1.41. The number of likely N-dealkylation sites (tertiary alicyclic amines) is 1. The van der Waals surface area contributed by atoms with Crippen LogP contribution < -0.4 is 10.2 Å². The predicted molar refractivity (Wildman–Crippen MR) is 107 cm³/mol. The van der Waals surface area contributed by atoms with E-state index in [0.29, 0.717) is 12.6 Å². The molecule has 1 aliphatic rings. The average Bonchev–Trinajstić information content (AvgIpc) is 2.64. The number of benzene rings is 2. The van der Waals surface area contributed by atoms with Crippen molar-refractivity contribution in [3.63, 3.8) is 0 Å². The first-order valence-corrected chi connectivity index (χ1v) is 9.43. The SMILES string of the molecule is Cc1cccc(CN2CCC(NC(=O)CN(C)c3ccccc3)CC2)c1.